The van der Waals surface area contributed by atoms with Gasteiger partial charge in [-0.1, -0.05) is 12.0 Å². The summed E-state index contributed by atoms with van der Waals surface area (Å²) in [6.45, 7) is 1.63. The molecule has 2 rings (SSSR count). The molecule has 0 saturated heterocycles. The summed E-state index contributed by atoms with van der Waals surface area (Å²) in [6.07, 6.45) is 6.84. The molecule has 0 radical (unpaired) electrons. The van der Waals surface area contributed by atoms with E-state index in [9.17, 15) is 0 Å². The van der Waals surface area contributed by atoms with Crippen molar-refractivity contribution >= 4 is 12.4 Å². The lowest BCUT2D eigenvalue weighted by atomic mass is 10.2. The third-order valence-corrected chi connectivity index (χ3v) is 2.75. The number of nitrogens with one attached hydrogen (secondary N) is 1. The topological polar surface area (TPSA) is 43.6 Å². The highest BCUT2D eigenvalue weighted by molar-refractivity contribution is 5.85. The van der Waals surface area contributed by atoms with Gasteiger partial charge < -0.3 is 19.2 Å². The second-order valence-electron chi connectivity index (χ2n) is 4.16. The summed E-state index contributed by atoms with van der Waals surface area (Å²) in [5.41, 5.74) is 1.10. The molecule has 1 aromatic heterocycles. The molecule has 1 heterocycles. The van der Waals surface area contributed by atoms with E-state index in [1.807, 2.05) is 30.3 Å². The van der Waals surface area contributed by atoms with Gasteiger partial charge in [0.1, 0.15) is 12.4 Å². The summed E-state index contributed by atoms with van der Waals surface area (Å²) in [5, 5.41) is 3.30. The van der Waals surface area contributed by atoms with Crippen LogP contribution in [0.2, 0.25) is 0 Å². The maximum absolute atomic E-state index is 5.40. The van der Waals surface area contributed by atoms with Crippen molar-refractivity contribution in [2.75, 3.05) is 13.7 Å². The lowest BCUT2D eigenvalue weighted by Gasteiger charge is -2.11. The SMILES string of the molecule is C#CCOc1ccc(CNCc2ccco2)cc1OC.Cl. The first-order valence-electron chi connectivity index (χ1n) is 6.29. The van der Waals surface area contributed by atoms with Crippen LogP contribution >= 0.6 is 12.4 Å². The van der Waals surface area contributed by atoms with Crippen LogP contribution in [0.5, 0.6) is 11.5 Å². The third-order valence-electron chi connectivity index (χ3n) is 2.75. The summed E-state index contributed by atoms with van der Waals surface area (Å²) in [7, 11) is 1.61. The van der Waals surface area contributed by atoms with Crippen LogP contribution in [0.4, 0.5) is 0 Å². The third kappa shape index (κ3) is 5.07. The first-order chi connectivity index (χ1) is 9.83. The van der Waals surface area contributed by atoms with Crippen LogP contribution in [-0.2, 0) is 13.1 Å². The fraction of sp³-hybridized carbons (Fsp3) is 0.250. The number of benzene rings is 1. The Morgan fingerprint density at radius 3 is 2.76 bits per heavy atom. The molecule has 0 aliphatic rings. The number of terminal acetylenes is 1. The van der Waals surface area contributed by atoms with Gasteiger partial charge in [0, 0.05) is 6.54 Å². The summed E-state index contributed by atoms with van der Waals surface area (Å²) in [4.78, 5) is 0. The molecule has 0 fully saturated rings. The van der Waals surface area contributed by atoms with E-state index in [-0.39, 0.29) is 19.0 Å². The average Bonchev–Trinajstić information content (AvgIpc) is 2.99. The van der Waals surface area contributed by atoms with Crippen molar-refractivity contribution in [3.05, 3.63) is 47.9 Å². The van der Waals surface area contributed by atoms with Gasteiger partial charge in [-0.15, -0.1) is 18.8 Å². The summed E-state index contributed by atoms with van der Waals surface area (Å²) >= 11 is 0. The highest BCUT2D eigenvalue weighted by Crippen LogP contribution is 2.27. The molecule has 0 aliphatic heterocycles. The molecule has 1 aromatic carbocycles. The molecule has 2 aromatic rings. The van der Waals surface area contributed by atoms with Gasteiger partial charge in [0.15, 0.2) is 11.5 Å². The molecule has 112 valence electrons. The molecule has 0 aliphatic carbocycles. The lowest BCUT2D eigenvalue weighted by molar-refractivity contribution is 0.330. The van der Waals surface area contributed by atoms with Crippen molar-refractivity contribution in [1.29, 1.82) is 0 Å². The first kappa shape index (κ1) is 17.0. The van der Waals surface area contributed by atoms with Gasteiger partial charge in [-0.25, -0.2) is 0 Å². The number of hydrogen-bond acceptors (Lipinski definition) is 4. The largest absolute Gasteiger partial charge is 0.493 e. The Labute approximate surface area is 130 Å². The molecule has 0 bridgehead atoms. The van der Waals surface area contributed by atoms with Gasteiger partial charge in [-0.2, -0.15) is 0 Å². The fourth-order valence-corrected chi connectivity index (χ4v) is 1.80. The smallest absolute Gasteiger partial charge is 0.162 e. The van der Waals surface area contributed by atoms with Gasteiger partial charge in [0.2, 0.25) is 0 Å². The maximum atomic E-state index is 5.40. The number of hydrogen-bond donors (Lipinski definition) is 1. The predicted molar refractivity (Wildman–Crippen MR) is 83.8 cm³/mol. The van der Waals surface area contributed by atoms with Crippen molar-refractivity contribution < 1.29 is 13.9 Å². The highest BCUT2D eigenvalue weighted by atomic mass is 35.5. The average molecular weight is 308 g/mol. The quantitative estimate of drug-likeness (QED) is 0.799. The molecule has 5 heteroatoms. The molecular formula is C16H18ClNO3. The Bertz CT molecular complexity index is 576. The van der Waals surface area contributed by atoms with Crippen LogP contribution in [0.15, 0.2) is 41.0 Å². The van der Waals surface area contributed by atoms with Crippen LogP contribution in [0.25, 0.3) is 0 Å². The molecule has 0 spiro atoms. The minimum atomic E-state index is 0. The molecule has 0 saturated carbocycles. The lowest BCUT2D eigenvalue weighted by Crippen LogP contribution is -2.12. The minimum Gasteiger partial charge on any atom is -0.493 e. The number of halogens is 1. The van der Waals surface area contributed by atoms with E-state index in [4.69, 9.17) is 20.3 Å². The highest BCUT2D eigenvalue weighted by Gasteiger charge is 2.05. The molecule has 0 atom stereocenters. The number of ether oxygens (including phenoxy) is 2. The van der Waals surface area contributed by atoms with Crippen LogP contribution < -0.4 is 14.8 Å². The van der Waals surface area contributed by atoms with Crippen LogP contribution in [0, 0.1) is 12.3 Å². The Balaban J connectivity index is 0.00000220. The Hall–Kier alpha value is -2.09. The normalized spacial score (nSPS) is 9.52. The second kappa shape index (κ2) is 8.96. The van der Waals surface area contributed by atoms with Crippen molar-refractivity contribution in [3.8, 4) is 23.8 Å². The van der Waals surface area contributed by atoms with Crippen LogP contribution in [0.1, 0.15) is 11.3 Å². The molecule has 0 unspecified atom stereocenters. The van der Waals surface area contributed by atoms with Gasteiger partial charge >= 0.3 is 0 Å². The van der Waals surface area contributed by atoms with Gasteiger partial charge in [-0.05, 0) is 29.8 Å². The Morgan fingerprint density at radius 1 is 1.24 bits per heavy atom. The Morgan fingerprint density at radius 2 is 2.10 bits per heavy atom. The predicted octanol–water partition coefficient (Wildman–Crippen LogP) is 3.01. The molecule has 21 heavy (non-hydrogen) atoms. The zero-order valence-corrected chi connectivity index (χ0v) is 12.6. The maximum Gasteiger partial charge on any atom is 0.162 e. The zero-order valence-electron chi connectivity index (χ0n) is 11.8. The number of methoxy groups -OCH3 is 1. The van der Waals surface area contributed by atoms with Gasteiger partial charge in [0.25, 0.3) is 0 Å². The van der Waals surface area contributed by atoms with E-state index in [1.165, 1.54) is 0 Å². The fourth-order valence-electron chi connectivity index (χ4n) is 1.80. The summed E-state index contributed by atoms with van der Waals surface area (Å²) in [6, 6.07) is 9.58. The number of rotatable bonds is 7. The van der Waals surface area contributed by atoms with E-state index in [2.05, 4.69) is 11.2 Å². The van der Waals surface area contributed by atoms with Gasteiger partial charge in [0.05, 0.1) is 19.9 Å². The summed E-state index contributed by atoms with van der Waals surface area (Å²) in [5.74, 6) is 4.67. The minimum absolute atomic E-state index is 0. The molecule has 1 N–H and O–H groups in total. The van der Waals surface area contributed by atoms with Crippen molar-refractivity contribution in [3.63, 3.8) is 0 Å². The van der Waals surface area contributed by atoms with Gasteiger partial charge in [-0.3, -0.25) is 0 Å². The second-order valence-corrected chi connectivity index (χ2v) is 4.16. The zero-order chi connectivity index (χ0) is 14.2. The molecular weight excluding hydrogens is 290 g/mol. The van der Waals surface area contributed by atoms with Crippen molar-refractivity contribution in [2.45, 2.75) is 13.1 Å². The first-order valence-corrected chi connectivity index (χ1v) is 6.29. The van der Waals surface area contributed by atoms with E-state index >= 15 is 0 Å². The van der Waals surface area contributed by atoms with Crippen LogP contribution in [0.3, 0.4) is 0 Å². The van der Waals surface area contributed by atoms with Crippen LogP contribution in [-0.4, -0.2) is 13.7 Å². The number of furan rings is 1. The van der Waals surface area contributed by atoms with E-state index in [0.717, 1.165) is 11.3 Å². The Kier molecular flexibility index (Phi) is 7.24. The molecule has 0 amide bonds. The van der Waals surface area contributed by atoms with E-state index in [0.29, 0.717) is 24.6 Å². The monoisotopic (exact) mass is 307 g/mol. The molecule has 4 nitrogen and oxygen atoms in total. The van der Waals surface area contributed by atoms with E-state index in [1.54, 1.807) is 13.4 Å². The summed E-state index contributed by atoms with van der Waals surface area (Å²) < 4.78 is 15.9. The standard InChI is InChI=1S/C16H17NO3.ClH/c1-3-8-20-15-7-6-13(10-16(15)18-2)11-17-12-14-5-4-9-19-14;/h1,4-7,9-10,17H,8,11-12H2,2H3;1H. The van der Waals surface area contributed by atoms with E-state index < -0.39 is 0 Å². The van der Waals surface area contributed by atoms with Crippen molar-refractivity contribution in [1.82, 2.24) is 5.32 Å². The van der Waals surface area contributed by atoms with Crippen molar-refractivity contribution in [2.24, 2.45) is 0 Å².